The number of benzene rings is 1. The summed E-state index contributed by atoms with van der Waals surface area (Å²) in [5, 5.41) is 0. The Kier molecular flexibility index (Phi) is 5.89. The van der Waals surface area contributed by atoms with Gasteiger partial charge in [0, 0.05) is 0 Å². The van der Waals surface area contributed by atoms with Crippen LogP contribution in [0.15, 0.2) is 24.3 Å². The molecule has 22 heavy (non-hydrogen) atoms. The quantitative estimate of drug-likeness (QED) is 0.553. The van der Waals surface area contributed by atoms with Crippen LogP contribution in [0, 0.1) is 6.92 Å². The summed E-state index contributed by atoms with van der Waals surface area (Å²) >= 11 is 0. The molecule has 0 unspecified atom stereocenters. The van der Waals surface area contributed by atoms with E-state index < -0.39 is 33.4 Å². The van der Waals surface area contributed by atoms with Crippen molar-refractivity contribution in [2.45, 2.75) is 19.3 Å². The number of halogens is 6. The molecule has 1 aromatic rings. The SMILES string of the molecule is Cc1ccccc1OP(=O)(OCC(F)(F)F)OCC(F)(F)F. The summed E-state index contributed by atoms with van der Waals surface area (Å²) in [4.78, 5) is 0. The summed E-state index contributed by atoms with van der Waals surface area (Å²) in [6, 6.07) is 5.59. The highest BCUT2D eigenvalue weighted by Gasteiger charge is 2.40. The summed E-state index contributed by atoms with van der Waals surface area (Å²) in [7, 11) is -5.10. The summed E-state index contributed by atoms with van der Waals surface area (Å²) in [5.74, 6) is -0.213. The topological polar surface area (TPSA) is 44.8 Å². The second-order valence-corrected chi connectivity index (χ2v) is 5.67. The number of rotatable bonds is 6. The summed E-state index contributed by atoms with van der Waals surface area (Å²) < 4.78 is 97.1. The standard InChI is InChI=1S/C11H11F6O4P/c1-8-4-2-3-5-9(8)21-22(18,19-6-10(12,13)14)20-7-11(15,16)17/h2-5H,6-7H2,1H3. The van der Waals surface area contributed by atoms with Crippen molar-refractivity contribution in [1.29, 1.82) is 0 Å². The third-order valence-corrected chi connectivity index (χ3v) is 3.39. The van der Waals surface area contributed by atoms with Gasteiger partial charge in [-0.3, -0.25) is 9.05 Å². The van der Waals surface area contributed by atoms with E-state index >= 15 is 0 Å². The Hall–Kier alpha value is -1.25. The lowest BCUT2D eigenvalue weighted by Gasteiger charge is -2.20. The number of para-hydroxylation sites is 1. The number of alkyl halides is 6. The Morgan fingerprint density at radius 1 is 0.955 bits per heavy atom. The zero-order chi connectivity index (χ0) is 17.0. The summed E-state index contributed by atoms with van der Waals surface area (Å²) in [6.07, 6.45) is -9.82. The Balaban J connectivity index is 2.90. The first kappa shape index (κ1) is 18.8. The van der Waals surface area contributed by atoms with Crippen LogP contribution in [-0.2, 0) is 13.6 Å². The maximum absolute atomic E-state index is 12.1. The van der Waals surface area contributed by atoms with Crippen molar-refractivity contribution in [2.24, 2.45) is 0 Å². The van der Waals surface area contributed by atoms with Crippen LogP contribution in [0.4, 0.5) is 26.3 Å². The van der Waals surface area contributed by atoms with Crippen LogP contribution in [0.3, 0.4) is 0 Å². The first-order valence-electron chi connectivity index (χ1n) is 5.68. The van der Waals surface area contributed by atoms with Crippen LogP contribution >= 0.6 is 7.82 Å². The van der Waals surface area contributed by atoms with E-state index in [0.717, 1.165) is 0 Å². The van der Waals surface area contributed by atoms with Gasteiger partial charge in [-0.25, -0.2) is 4.57 Å². The van der Waals surface area contributed by atoms with Crippen molar-refractivity contribution >= 4 is 7.82 Å². The molecule has 0 N–H and O–H groups in total. The number of phosphoric ester groups is 1. The van der Waals surface area contributed by atoms with Crippen LogP contribution in [0.2, 0.25) is 0 Å². The van der Waals surface area contributed by atoms with Crippen molar-refractivity contribution in [3.05, 3.63) is 29.8 Å². The van der Waals surface area contributed by atoms with Gasteiger partial charge in [-0.2, -0.15) is 26.3 Å². The van der Waals surface area contributed by atoms with Gasteiger partial charge in [0.2, 0.25) is 0 Å². The van der Waals surface area contributed by atoms with Crippen molar-refractivity contribution in [2.75, 3.05) is 13.2 Å². The largest absolute Gasteiger partial charge is 0.530 e. The molecule has 0 heterocycles. The van der Waals surface area contributed by atoms with Crippen LogP contribution in [0.5, 0.6) is 5.75 Å². The highest BCUT2D eigenvalue weighted by atomic mass is 31.2. The lowest BCUT2D eigenvalue weighted by molar-refractivity contribution is -0.168. The molecule has 0 bridgehead atoms. The van der Waals surface area contributed by atoms with E-state index in [1.165, 1.54) is 25.1 Å². The van der Waals surface area contributed by atoms with Gasteiger partial charge < -0.3 is 4.52 Å². The van der Waals surface area contributed by atoms with Crippen molar-refractivity contribution in [3.8, 4) is 5.75 Å². The van der Waals surface area contributed by atoms with E-state index in [1.54, 1.807) is 6.07 Å². The first-order valence-corrected chi connectivity index (χ1v) is 7.14. The molecule has 0 spiro atoms. The first-order chi connectivity index (χ1) is 9.90. The van der Waals surface area contributed by atoms with Gasteiger partial charge in [0.1, 0.15) is 5.75 Å². The average Bonchev–Trinajstić information content (AvgIpc) is 2.36. The Morgan fingerprint density at radius 2 is 1.41 bits per heavy atom. The molecule has 1 rings (SSSR count). The van der Waals surface area contributed by atoms with Gasteiger partial charge in [-0.05, 0) is 18.6 Å². The van der Waals surface area contributed by atoms with Gasteiger partial charge in [0.05, 0.1) is 0 Å². The molecule has 0 aliphatic carbocycles. The van der Waals surface area contributed by atoms with Gasteiger partial charge >= 0.3 is 20.2 Å². The lowest BCUT2D eigenvalue weighted by Crippen LogP contribution is -2.21. The molecule has 0 atom stereocenters. The number of aryl methyl sites for hydroxylation is 1. The number of hydrogen-bond donors (Lipinski definition) is 0. The predicted molar refractivity (Wildman–Crippen MR) is 63.4 cm³/mol. The molecule has 1 aromatic carbocycles. The van der Waals surface area contributed by atoms with Gasteiger partial charge in [0.15, 0.2) is 13.2 Å². The highest BCUT2D eigenvalue weighted by Crippen LogP contribution is 2.51. The van der Waals surface area contributed by atoms with Crippen LogP contribution in [0.1, 0.15) is 5.56 Å². The predicted octanol–water partition coefficient (Wildman–Crippen LogP) is 4.64. The highest BCUT2D eigenvalue weighted by molar-refractivity contribution is 7.48. The normalized spacial score (nSPS) is 13.2. The minimum Gasteiger partial charge on any atom is -0.404 e. The van der Waals surface area contributed by atoms with E-state index in [-0.39, 0.29) is 5.75 Å². The fourth-order valence-corrected chi connectivity index (χ4v) is 2.41. The van der Waals surface area contributed by atoms with Gasteiger partial charge in [-0.1, -0.05) is 18.2 Å². The molecular formula is C11H11F6O4P. The molecule has 0 saturated heterocycles. The van der Waals surface area contributed by atoms with Crippen molar-refractivity contribution < 1.29 is 44.5 Å². The Bertz CT molecular complexity index is 520. The van der Waals surface area contributed by atoms with Gasteiger partial charge in [0.25, 0.3) is 0 Å². The maximum Gasteiger partial charge on any atom is 0.530 e. The minimum absolute atomic E-state index is 0.213. The Labute approximate surface area is 121 Å². The molecule has 0 aliphatic rings. The molecule has 0 saturated carbocycles. The van der Waals surface area contributed by atoms with E-state index in [9.17, 15) is 30.9 Å². The average molecular weight is 352 g/mol. The van der Waals surface area contributed by atoms with Crippen LogP contribution in [-0.4, -0.2) is 25.6 Å². The molecular weight excluding hydrogens is 341 g/mol. The van der Waals surface area contributed by atoms with Gasteiger partial charge in [-0.15, -0.1) is 0 Å². The van der Waals surface area contributed by atoms with E-state index in [0.29, 0.717) is 5.56 Å². The smallest absolute Gasteiger partial charge is 0.404 e. The minimum atomic E-state index is -5.10. The van der Waals surface area contributed by atoms with Crippen molar-refractivity contribution in [1.82, 2.24) is 0 Å². The summed E-state index contributed by atoms with van der Waals surface area (Å²) in [6.45, 7) is -2.70. The molecule has 0 aromatic heterocycles. The lowest BCUT2D eigenvalue weighted by atomic mass is 10.2. The van der Waals surface area contributed by atoms with E-state index in [4.69, 9.17) is 0 Å². The second kappa shape index (κ2) is 6.89. The molecule has 11 heteroatoms. The molecule has 0 aliphatic heterocycles. The molecule has 0 radical (unpaired) electrons. The fraction of sp³-hybridized carbons (Fsp3) is 0.455. The molecule has 0 amide bonds. The fourth-order valence-electron chi connectivity index (χ4n) is 1.17. The van der Waals surface area contributed by atoms with Crippen LogP contribution < -0.4 is 4.52 Å². The zero-order valence-electron chi connectivity index (χ0n) is 11.1. The third kappa shape index (κ3) is 7.15. The van der Waals surface area contributed by atoms with E-state index in [1.807, 2.05) is 0 Å². The number of hydrogen-bond acceptors (Lipinski definition) is 4. The van der Waals surface area contributed by atoms with Crippen molar-refractivity contribution in [3.63, 3.8) is 0 Å². The second-order valence-electron chi connectivity index (χ2n) is 4.08. The molecule has 4 nitrogen and oxygen atoms in total. The summed E-state index contributed by atoms with van der Waals surface area (Å²) in [5.41, 5.74) is 0.328. The Morgan fingerprint density at radius 3 is 1.82 bits per heavy atom. The monoisotopic (exact) mass is 352 g/mol. The molecule has 0 fully saturated rings. The third-order valence-electron chi connectivity index (χ3n) is 2.08. The maximum atomic E-state index is 12.1. The zero-order valence-corrected chi connectivity index (χ0v) is 12.0. The van der Waals surface area contributed by atoms with Crippen LogP contribution in [0.25, 0.3) is 0 Å². The molecule has 126 valence electrons. The number of phosphoric acid groups is 1. The van der Waals surface area contributed by atoms with E-state index in [2.05, 4.69) is 13.6 Å².